The van der Waals surface area contributed by atoms with Gasteiger partial charge in [-0.3, -0.25) is 4.79 Å². The van der Waals surface area contributed by atoms with Crippen molar-refractivity contribution in [1.29, 1.82) is 5.26 Å². The molecular weight excluding hydrogens is 152 g/mol. The van der Waals surface area contributed by atoms with Crippen molar-refractivity contribution in [3.8, 4) is 6.07 Å². The van der Waals surface area contributed by atoms with Crippen LogP contribution in [0.1, 0.15) is 23.3 Å². The molecule has 12 heavy (non-hydrogen) atoms. The lowest BCUT2D eigenvalue weighted by Gasteiger charge is -2.01. The van der Waals surface area contributed by atoms with Gasteiger partial charge in [-0.15, -0.1) is 0 Å². The fourth-order valence-electron chi connectivity index (χ4n) is 1.07. The van der Waals surface area contributed by atoms with Crippen LogP contribution < -0.4 is 0 Å². The first-order valence-electron chi connectivity index (χ1n) is 3.85. The Labute approximate surface area is 71.2 Å². The minimum absolute atomic E-state index is 0.538. The van der Waals surface area contributed by atoms with Crippen molar-refractivity contribution in [2.24, 2.45) is 0 Å². The van der Waals surface area contributed by atoms with E-state index in [0.717, 1.165) is 19.3 Å². The van der Waals surface area contributed by atoms with E-state index in [9.17, 15) is 4.79 Å². The van der Waals surface area contributed by atoms with Crippen molar-refractivity contribution in [2.75, 3.05) is 0 Å². The van der Waals surface area contributed by atoms with Gasteiger partial charge >= 0.3 is 0 Å². The molecule has 0 amide bonds. The normalized spacial score (nSPS) is 9.25. The molecule has 0 aliphatic rings. The van der Waals surface area contributed by atoms with E-state index in [1.807, 2.05) is 16.8 Å². The highest BCUT2D eigenvalue weighted by Gasteiger charge is 1.97. The minimum Gasteiger partial charge on any atom is -0.345 e. The zero-order chi connectivity index (χ0) is 8.81. The van der Waals surface area contributed by atoms with E-state index in [-0.39, 0.29) is 0 Å². The molecule has 0 saturated carbocycles. The smallest absolute Gasteiger partial charge is 0.166 e. The zero-order valence-electron chi connectivity index (χ0n) is 6.73. The lowest BCUT2D eigenvalue weighted by Crippen LogP contribution is -2.00. The highest BCUT2D eigenvalue weighted by molar-refractivity contribution is 5.72. The van der Waals surface area contributed by atoms with E-state index >= 15 is 0 Å². The number of aromatic nitrogens is 1. The lowest BCUT2D eigenvalue weighted by atomic mass is 10.3. The molecule has 3 heteroatoms. The van der Waals surface area contributed by atoms with Crippen LogP contribution >= 0.6 is 0 Å². The molecule has 1 aromatic rings. The van der Waals surface area contributed by atoms with Gasteiger partial charge in [-0.25, -0.2) is 0 Å². The van der Waals surface area contributed by atoms with Gasteiger partial charge in [0.25, 0.3) is 0 Å². The van der Waals surface area contributed by atoms with E-state index in [2.05, 4.69) is 6.07 Å². The molecule has 0 fully saturated rings. The van der Waals surface area contributed by atoms with Crippen LogP contribution in [0.3, 0.4) is 0 Å². The van der Waals surface area contributed by atoms with Gasteiger partial charge in [0, 0.05) is 19.2 Å². The minimum atomic E-state index is 0.538. The Hall–Kier alpha value is -1.56. The number of carbonyl (C=O) groups is 1. The molecule has 0 spiro atoms. The van der Waals surface area contributed by atoms with Crippen LogP contribution in [0.25, 0.3) is 0 Å². The van der Waals surface area contributed by atoms with E-state index < -0.39 is 0 Å². The van der Waals surface area contributed by atoms with Crippen LogP contribution in [0, 0.1) is 11.3 Å². The molecule has 0 radical (unpaired) electrons. The van der Waals surface area contributed by atoms with Gasteiger partial charge in [0.15, 0.2) is 6.29 Å². The number of aryl methyl sites for hydroxylation is 1. The fourth-order valence-corrected chi connectivity index (χ4v) is 1.07. The maximum Gasteiger partial charge on any atom is 0.166 e. The summed E-state index contributed by atoms with van der Waals surface area (Å²) in [5, 5.41) is 8.29. The summed E-state index contributed by atoms with van der Waals surface area (Å²) in [6.45, 7) is 0.745. The molecule has 0 N–H and O–H groups in total. The number of nitriles is 1. The second-order valence-corrected chi connectivity index (χ2v) is 2.51. The number of hydrogen-bond donors (Lipinski definition) is 0. The van der Waals surface area contributed by atoms with Crippen molar-refractivity contribution in [2.45, 2.75) is 19.4 Å². The molecule has 0 saturated heterocycles. The van der Waals surface area contributed by atoms with Gasteiger partial charge in [0.1, 0.15) is 0 Å². The number of carbonyl (C=O) groups excluding carboxylic acids is 1. The molecular formula is C9H10N2O. The van der Waals surface area contributed by atoms with Crippen molar-refractivity contribution >= 4 is 6.29 Å². The Morgan fingerprint density at radius 1 is 1.67 bits per heavy atom. The summed E-state index contributed by atoms with van der Waals surface area (Å²) < 4.78 is 1.85. The van der Waals surface area contributed by atoms with Crippen LogP contribution in [-0.4, -0.2) is 10.9 Å². The van der Waals surface area contributed by atoms with Crippen molar-refractivity contribution < 1.29 is 4.79 Å². The van der Waals surface area contributed by atoms with Crippen molar-refractivity contribution in [3.63, 3.8) is 0 Å². The van der Waals surface area contributed by atoms with Crippen LogP contribution in [-0.2, 0) is 6.54 Å². The Balaban J connectivity index is 2.51. The molecule has 0 unspecified atom stereocenters. The van der Waals surface area contributed by atoms with E-state index in [1.165, 1.54) is 0 Å². The summed E-state index contributed by atoms with van der Waals surface area (Å²) in [5.41, 5.74) is 0.674. The molecule has 0 aromatic carbocycles. The predicted molar refractivity (Wildman–Crippen MR) is 44.7 cm³/mol. The molecule has 3 nitrogen and oxygen atoms in total. The monoisotopic (exact) mass is 162 g/mol. The summed E-state index contributed by atoms with van der Waals surface area (Å²) in [6.07, 6.45) is 4.01. The molecule has 1 rings (SSSR count). The van der Waals surface area contributed by atoms with Gasteiger partial charge in [0.2, 0.25) is 0 Å². The summed E-state index contributed by atoms with van der Waals surface area (Å²) >= 11 is 0. The maximum atomic E-state index is 10.4. The van der Waals surface area contributed by atoms with E-state index in [0.29, 0.717) is 12.1 Å². The molecule has 0 aliphatic carbocycles. The highest BCUT2D eigenvalue weighted by atomic mass is 16.1. The first-order valence-corrected chi connectivity index (χ1v) is 3.85. The van der Waals surface area contributed by atoms with Crippen molar-refractivity contribution in [1.82, 2.24) is 4.57 Å². The van der Waals surface area contributed by atoms with Gasteiger partial charge in [0.05, 0.1) is 11.8 Å². The van der Waals surface area contributed by atoms with Gasteiger partial charge in [-0.1, -0.05) is 0 Å². The van der Waals surface area contributed by atoms with E-state index in [1.54, 1.807) is 6.07 Å². The third-order valence-electron chi connectivity index (χ3n) is 1.67. The van der Waals surface area contributed by atoms with Crippen LogP contribution in [0.5, 0.6) is 0 Å². The van der Waals surface area contributed by atoms with Crippen LogP contribution in [0.4, 0.5) is 0 Å². The Morgan fingerprint density at radius 3 is 3.17 bits per heavy atom. The summed E-state index contributed by atoms with van der Waals surface area (Å²) in [5.74, 6) is 0. The SMILES string of the molecule is N#CCCCn1cccc1C=O. The average molecular weight is 162 g/mol. The number of rotatable bonds is 4. The fraction of sp³-hybridized carbons (Fsp3) is 0.333. The van der Waals surface area contributed by atoms with Crippen molar-refractivity contribution in [3.05, 3.63) is 24.0 Å². The molecule has 62 valence electrons. The third-order valence-corrected chi connectivity index (χ3v) is 1.67. The third kappa shape index (κ3) is 1.96. The predicted octanol–water partition coefficient (Wildman–Crippen LogP) is 1.60. The molecule has 1 aromatic heterocycles. The first kappa shape index (κ1) is 8.54. The highest BCUT2D eigenvalue weighted by Crippen LogP contribution is 2.01. The van der Waals surface area contributed by atoms with Crippen LogP contribution in [0.15, 0.2) is 18.3 Å². The van der Waals surface area contributed by atoms with Gasteiger partial charge in [-0.2, -0.15) is 5.26 Å². The number of aldehydes is 1. The molecule has 0 aliphatic heterocycles. The lowest BCUT2D eigenvalue weighted by molar-refractivity contribution is 0.111. The summed E-state index contributed by atoms with van der Waals surface area (Å²) in [4.78, 5) is 10.4. The number of unbranched alkanes of at least 4 members (excludes halogenated alkanes) is 1. The summed E-state index contributed by atoms with van der Waals surface area (Å²) in [6, 6.07) is 5.66. The maximum absolute atomic E-state index is 10.4. The second-order valence-electron chi connectivity index (χ2n) is 2.51. The Morgan fingerprint density at radius 2 is 2.50 bits per heavy atom. The topological polar surface area (TPSA) is 45.8 Å². The Bertz CT molecular complexity index is 296. The van der Waals surface area contributed by atoms with E-state index in [4.69, 9.17) is 5.26 Å². The molecule has 1 heterocycles. The quantitative estimate of drug-likeness (QED) is 0.498. The second kappa shape index (κ2) is 4.35. The average Bonchev–Trinajstić information content (AvgIpc) is 2.52. The standard InChI is InChI=1S/C9H10N2O/c10-5-1-2-6-11-7-3-4-9(11)8-12/h3-4,7-8H,1-2,6H2. The van der Waals surface area contributed by atoms with Gasteiger partial charge < -0.3 is 4.57 Å². The van der Waals surface area contributed by atoms with Crippen LogP contribution in [0.2, 0.25) is 0 Å². The number of hydrogen-bond acceptors (Lipinski definition) is 2. The Kier molecular flexibility index (Phi) is 3.09. The molecule has 0 atom stereocenters. The van der Waals surface area contributed by atoms with Gasteiger partial charge in [-0.05, 0) is 18.6 Å². The first-order chi connectivity index (χ1) is 5.88. The zero-order valence-corrected chi connectivity index (χ0v) is 6.73. The largest absolute Gasteiger partial charge is 0.345 e. The molecule has 0 bridgehead atoms. The summed E-state index contributed by atoms with van der Waals surface area (Å²) in [7, 11) is 0. The number of nitrogens with zero attached hydrogens (tertiary/aromatic N) is 2.